The number of carbonyl (C=O) groups is 1. The van der Waals surface area contributed by atoms with Crippen molar-refractivity contribution in [2.24, 2.45) is 0 Å². The first kappa shape index (κ1) is 12.3. The number of ether oxygens (including phenoxy) is 1. The summed E-state index contributed by atoms with van der Waals surface area (Å²) in [5.41, 5.74) is -0.523. The number of alkyl carbamates (subject to hydrolysis) is 1. The normalized spacial score (nSPS) is 27.2. The Bertz CT molecular complexity index is 225. The Balaban J connectivity index is 2.36. The lowest BCUT2D eigenvalue weighted by Crippen LogP contribution is -2.45. The van der Waals surface area contributed by atoms with Gasteiger partial charge in [-0.3, -0.25) is 0 Å². The molecule has 1 amide bonds. The summed E-state index contributed by atoms with van der Waals surface area (Å²) in [5.74, 6) is 0. The van der Waals surface area contributed by atoms with E-state index in [0.29, 0.717) is 12.8 Å². The van der Waals surface area contributed by atoms with Gasteiger partial charge in [0.1, 0.15) is 11.8 Å². The topological polar surface area (TPSA) is 38.3 Å². The molecule has 1 N–H and O–H groups in total. The van der Waals surface area contributed by atoms with Gasteiger partial charge in [0.2, 0.25) is 0 Å². The van der Waals surface area contributed by atoms with Crippen molar-refractivity contribution in [1.82, 2.24) is 5.32 Å². The smallest absolute Gasteiger partial charge is 0.407 e. The minimum absolute atomic E-state index is 0.367. The number of halogens is 1. The van der Waals surface area contributed by atoms with Crippen LogP contribution in [0, 0.1) is 0 Å². The minimum Gasteiger partial charge on any atom is -0.444 e. The summed E-state index contributed by atoms with van der Waals surface area (Å²) in [6, 6.07) is -0.367. The summed E-state index contributed by atoms with van der Waals surface area (Å²) in [4.78, 5) is 11.4. The lowest BCUT2D eigenvalue weighted by Gasteiger charge is -2.28. The molecule has 0 aromatic heterocycles. The molecule has 0 bridgehead atoms. The van der Waals surface area contributed by atoms with E-state index >= 15 is 0 Å². The van der Waals surface area contributed by atoms with Crippen molar-refractivity contribution in [3.05, 3.63) is 0 Å². The van der Waals surface area contributed by atoms with E-state index < -0.39 is 17.9 Å². The third-order valence-electron chi connectivity index (χ3n) is 2.38. The van der Waals surface area contributed by atoms with Gasteiger partial charge < -0.3 is 10.1 Å². The molecule has 1 aliphatic carbocycles. The second kappa shape index (κ2) is 4.81. The standard InChI is InChI=1S/C11H20FNO2/c1-11(2,3)15-10(14)13-9-7-5-4-6-8(9)12/h8-9H,4-7H2,1-3H3,(H,13,14)/t8-,9-/m1/s1. The van der Waals surface area contributed by atoms with E-state index in [2.05, 4.69) is 5.32 Å². The summed E-state index contributed by atoms with van der Waals surface area (Å²) in [6.07, 6.45) is 1.69. The molecule has 0 heterocycles. The molecule has 2 atom stereocenters. The summed E-state index contributed by atoms with van der Waals surface area (Å²) in [7, 11) is 0. The molecule has 0 saturated heterocycles. The average molecular weight is 217 g/mol. The first-order valence-electron chi connectivity index (χ1n) is 5.52. The van der Waals surface area contributed by atoms with E-state index in [1.54, 1.807) is 20.8 Å². The SMILES string of the molecule is CC(C)(C)OC(=O)N[C@@H]1CCCC[C@H]1F. The summed E-state index contributed by atoms with van der Waals surface area (Å²) < 4.78 is 18.4. The third-order valence-corrected chi connectivity index (χ3v) is 2.38. The number of hydrogen-bond donors (Lipinski definition) is 1. The zero-order valence-corrected chi connectivity index (χ0v) is 9.68. The van der Waals surface area contributed by atoms with Crippen LogP contribution in [0.25, 0.3) is 0 Å². The minimum atomic E-state index is -0.925. The quantitative estimate of drug-likeness (QED) is 0.733. The predicted molar refractivity (Wildman–Crippen MR) is 56.5 cm³/mol. The maximum absolute atomic E-state index is 13.4. The molecular formula is C11H20FNO2. The molecule has 1 fully saturated rings. The maximum atomic E-state index is 13.4. The molecule has 0 spiro atoms. The average Bonchev–Trinajstić information content (AvgIpc) is 2.05. The van der Waals surface area contributed by atoms with Crippen LogP contribution in [0.4, 0.5) is 9.18 Å². The zero-order valence-electron chi connectivity index (χ0n) is 9.68. The van der Waals surface area contributed by atoms with Gasteiger partial charge in [-0.05, 0) is 33.6 Å². The van der Waals surface area contributed by atoms with Gasteiger partial charge >= 0.3 is 6.09 Å². The first-order chi connectivity index (χ1) is 6.88. The van der Waals surface area contributed by atoms with Crippen molar-refractivity contribution >= 4 is 6.09 Å². The van der Waals surface area contributed by atoms with E-state index in [4.69, 9.17) is 4.74 Å². The van der Waals surface area contributed by atoms with Crippen LogP contribution in [0.2, 0.25) is 0 Å². The Kier molecular flexibility index (Phi) is 3.94. The number of carbonyl (C=O) groups excluding carboxylic acids is 1. The fraction of sp³-hybridized carbons (Fsp3) is 0.909. The lowest BCUT2D eigenvalue weighted by molar-refractivity contribution is 0.0451. The molecule has 0 aliphatic heterocycles. The van der Waals surface area contributed by atoms with Crippen molar-refractivity contribution in [3.8, 4) is 0 Å². The highest BCUT2D eigenvalue weighted by molar-refractivity contribution is 5.68. The van der Waals surface area contributed by atoms with Crippen LogP contribution in [0.15, 0.2) is 0 Å². The van der Waals surface area contributed by atoms with Crippen LogP contribution in [0.1, 0.15) is 46.5 Å². The molecule has 1 rings (SSSR count). The van der Waals surface area contributed by atoms with Crippen molar-refractivity contribution in [1.29, 1.82) is 0 Å². The molecule has 88 valence electrons. The molecule has 15 heavy (non-hydrogen) atoms. The van der Waals surface area contributed by atoms with Crippen LogP contribution >= 0.6 is 0 Å². The molecule has 0 aromatic rings. The van der Waals surface area contributed by atoms with Gasteiger partial charge in [-0.1, -0.05) is 12.8 Å². The first-order valence-corrected chi connectivity index (χ1v) is 5.52. The molecule has 1 aliphatic rings. The molecule has 3 nitrogen and oxygen atoms in total. The van der Waals surface area contributed by atoms with Crippen LogP contribution < -0.4 is 5.32 Å². The van der Waals surface area contributed by atoms with Crippen molar-refractivity contribution in [2.45, 2.75) is 64.3 Å². The largest absolute Gasteiger partial charge is 0.444 e. The van der Waals surface area contributed by atoms with Gasteiger partial charge in [0.25, 0.3) is 0 Å². The molecule has 0 radical (unpaired) electrons. The Labute approximate surface area is 90.4 Å². The number of amides is 1. The number of hydrogen-bond acceptors (Lipinski definition) is 2. The Morgan fingerprint density at radius 3 is 2.47 bits per heavy atom. The number of nitrogens with one attached hydrogen (secondary N) is 1. The zero-order chi connectivity index (χ0) is 11.5. The fourth-order valence-electron chi connectivity index (χ4n) is 1.71. The second-order valence-electron chi connectivity index (χ2n) is 5.05. The van der Waals surface area contributed by atoms with Gasteiger partial charge in [-0.15, -0.1) is 0 Å². The van der Waals surface area contributed by atoms with Crippen molar-refractivity contribution in [3.63, 3.8) is 0 Å². The number of rotatable bonds is 1. The highest BCUT2D eigenvalue weighted by atomic mass is 19.1. The van der Waals surface area contributed by atoms with Crippen LogP contribution in [0.3, 0.4) is 0 Å². The molecule has 1 saturated carbocycles. The Morgan fingerprint density at radius 2 is 1.93 bits per heavy atom. The van der Waals surface area contributed by atoms with Gasteiger partial charge in [0.05, 0.1) is 6.04 Å². The summed E-state index contributed by atoms with van der Waals surface area (Å²) >= 11 is 0. The number of alkyl halides is 1. The monoisotopic (exact) mass is 217 g/mol. The Hall–Kier alpha value is -0.800. The highest BCUT2D eigenvalue weighted by Gasteiger charge is 2.27. The van der Waals surface area contributed by atoms with E-state index in [1.165, 1.54) is 0 Å². The van der Waals surface area contributed by atoms with Crippen LogP contribution in [-0.2, 0) is 4.74 Å². The van der Waals surface area contributed by atoms with E-state index in [9.17, 15) is 9.18 Å². The van der Waals surface area contributed by atoms with Crippen LogP contribution in [-0.4, -0.2) is 23.9 Å². The maximum Gasteiger partial charge on any atom is 0.407 e. The van der Waals surface area contributed by atoms with E-state index in [-0.39, 0.29) is 6.04 Å². The van der Waals surface area contributed by atoms with Crippen LogP contribution in [0.5, 0.6) is 0 Å². The van der Waals surface area contributed by atoms with Gasteiger partial charge in [-0.2, -0.15) is 0 Å². The van der Waals surface area contributed by atoms with Gasteiger partial charge in [0.15, 0.2) is 0 Å². The second-order valence-corrected chi connectivity index (χ2v) is 5.05. The van der Waals surface area contributed by atoms with E-state index in [0.717, 1.165) is 12.8 Å². The van der Waals surface area contributed by atoms with Gasteiger partial charge in [0, 0.05) is 0 Å². The molecule has 0 unspecified atom stereocenters. The van der Waals surface area contributed by atoms with Crippen molar-refractivity contribution < 1.29 is 13.9 Å². The highest BCUT2D eigenvalue weighted by Crippen LogP contribution is 2.21. The van der Waals surface area contributed by atoms with Crippen molar-refractivity contribution in [2.75, 3.05) is 0 Å². The van der Waals surface area contributed by atoms with Gasteiger partial charge in [-0.25, -0.2) is 9.18 Å². The summed E-state index contributed by atoms with van der Waals surface area (Å²) in [6.45, 7) is 5.38. The summed E-state index contributed by atoms with van der Waals surface area (Å²) in [5, 5.41) is 2.59. The Morgan fingerprint density at radius 1 is 1.33 bits per heavy atom. The fourth-order valence-corrected chi connectivity index (χ4v) is 1.71. The molecule has 0 aromatic carbocycles. The predicted octanol–water partition coefficient (Wildman–Crippen LogP) is 2.79. The van der Waals surface area contributed by atoms with E-state index in [1.807, 2.05) is 0 Å². The molecular weight excluding hydrogens is 197 g/mol. The third kappa shape index (κ3) is 4.49. The molecule has 4 heteroatoms. The lowest BCUT2D eigenvalue weighted by atomic mass is 9.94.